The van der Waals surface area contributed by atoms with Gasteiger partial charge in [0.15, 0.2) is 0 Å². The molecule has 0 spiro atoms. The van der Waals surface area contributed by atoms with Crippen molar-refractivity contribution >= 4 is 0 Å². The molecule has 1 aromatic carbocycles. The standard InChI is InChI=1S/C19H26N2O/c1-5-15(4)21-18(16-9-7-14(3)8-10-16)12-11-17(19(21)22)13-20-6-2/h7-12,15,20H,5-6,13H2,1-4H3. The van der Waals surface area contributed by atoms with Crippen molar-refractivity contribution in [1.82, 2.24) is 9.88 Å². The molecule has 0 amide bonds. The molecule has 0 saturated heterocycles. The van der Waals surface area contributed by atoms with Crippen LogP contribution in [0.15, 0.2) is 41.2 Å². The fourth-order valence-corrected chi connectivity index (χ4v) is 2.57. The summed E-state index contributed by atoms with van der Waals surface area (Å²) in [5.41, 5.74) is 4.27. The molecule has 2 rings (SSSR count). The molecule has 0 aliphatic carbocycles. The summed E-state index contributed by atoms with van der Waals surface area (Å²) in [5, 5.41) is 3.24. The number of nitrogens with zero attached hydrogens (tertiary/aromatic N) is 1. The third-order valence-corrected chi connectivity index (χ3v) is 4.14. The van der Waals surface area contributed by atoms with E-state index in [2.05, 4.69) is 56.4 Å². The number of pyridine rings is 1. The van der Waals surface area contributed by atoms with Gasteiger partial charge < -0.3 is 9.88 Å². The van der Waals surface area contributed by atoms with E-state index in [1.165, 1.54) is 5.56 Å². The van der Waals surface area contributed by atoms with E-state index in [-0.39, 0.29) is 11.6 Å². The highest BCUT2D eigenvalue weighted by Gasteiger charge is 2.14. The molecule has 1 N–H and O–H groups in total. The molecule has 0 bridgehead atoms. The fourth-order valence-electron chi connectivity index (χ4n) is 2.57. The van der Waals surface area contributed by atoms with Gasteiger partial charge in [-0.1, -0.05) is 49.7 Å². The van der Waals surface area contributed by atoms with E-state index in [0.29, 0.717) is 6.54 Å². The van der Waals surface area contributed by atoms with Gasteiger partial charge in [0.1, 0.15) is 0 Å². The van der Waals surface area contributed by atoms with Crippen molar-refractivity contribution in [3.8, 4) is 11.3 Å². The SMILES string of the molecule is CCNCc1ccc(-c2ccc(C)cc2)n(C(C)CC)c1=O. The molecule has 3 heteroatoms. The number of aryl methyl sites for hydroxylation is 1. The first-order valence-electron chi connectivity index (χ1n) is 8.10. The topological polar surface area (TPSA) is 34.0 Å². The first-order chi connectivity index (χ1) is 10.6. The van der Waals surface area contributed by atoms with E-state index in [1.54, 1.807) is 0 Å². The molecule has 0 aliphatic heterocycles. The van der Waals surface area contributed by atoms with Gasteiger partial charge in [-0.2, -0.15) is 0 Å². The molecule has 1 aromatic heterocycles. The van der Waals surface area contributed by atoms with Crippen molar-refractivity contribution in [2.24, 2.45) is 0 Å². The van der Waals surface area contributed by atoms with E-state index in [9.17, 15) is 4.79 Å². The molecule has 0 fully saturated rings. The van der Waals surface area contributed by atoms with Crippen molar-refractivity contribution in [3.63, 3.8) is 0 Å². The largest absolute Gasteiger partial charge is 0.313 e. The highest BCUT2D eigenvalue weighted by Crippen LogP contribution is 2.23. The van der Waals surface area contributed by atoms with Gasteiger partial charge in [-0.15, -0.1) is 0 Å². The number of benzene rings is 1. The van der Waals surface area contributed by atoms with Gasteiger partial charge in [-0.05, 0) is 38.4 Å². The maximum Gasteiger partial charge on any atom is 0.255 e. The van der Waals surface area contributed by atoms with Crippen molar-refractivity contribution in [2.45, 2.75) is 46.7 Å². The van der Waals surface area contributed by atoms with Gasteiger partial charge in [0.05, 0.1) is 5.69 Å². The van der Waals surface area contributed by atoms with Gasteiger partial charge in [0, 0.05) is 18.2 Å². The maximum atomic E-state index is 12.9. The molecular formula is C19H26N2O. The molecule has 2 aromatic rings. The summed E-state index contributed by atoms with van der Waals surface area (Å²) in [6.45, 7) is 9.84. The highest BCUT2D eigenvalue weighted by atomic mass is 16.1. The van der Waals surface area contributed by atoms with Crippen LogP contribution >= 0.6 is 0 Å². The third-order valence-electron chi connectivity index (χ3n) is 4.14. The smallest absolute Gasteiger partial charge is 0.255 e. The van der Waals surface area contributed by atoms with Crippen molar-refractivity contribution in [2.75, 3.05) is 6.54 Å². The molecule has 0 saturated carbocycles. The lowest BCUT2D eigenvalue weighted by atomic mass is 10.1. The van der Waals surface area contributed by atoms with E-state index in [4.69, 9.17) is 0 Å². The maximum absolute atomic E-state index is 12.9. The van der Waals surface area contributed by atoms with Gasteiger partial charge in [-0.25, -0.2) is 0 Å². The lowest BCUT2D eigenvalue weighted by molar-refractivity contribution is 0.514. The lowest BCUT2D eigenvalue weighted by Crippen LogP contribution is -2.30. The molecule has 1 heterocycles. The van der Waals surface area contributed by atoms with E-state index >= 15 is 0 Å². The Morgan fingerprint density at radius 1 is 1.09 bits per heavy atom. The van der Waals surface area contributed by atoms with Crippen LogP contribution in [-0.4, -0.2) is 11.1 Å². The minimum absolute atomic E-state index is 0.119. The number of hydrogen-bond donors (Lipinski definition) is 1. The Balaban J connectivity index is 2.56. The van der Waals surface area contributed by atoms with Crippen LogP contribution in [0.5, 0.6) is 0 Å². The molecule has 118 valence electrons. The summed E-state index contributed by atoms with van der Waals surface area (Å²) in [4.78, 5) is 12.9. The van der Waals surface area contributed by atoms with Gasteiger partial charge >= 0.3 is 0 Å². The second-order valence-corrected chi connectivity index (χ2v) is 5.82. The highest BCUT2D eigenvalue weighted by molar-refractivity contribution is 5.60. The normalized spacial score (nSPS) is 12.4. The molecule has 1 atom stereocenters. The van der Waals surface area contributed by atoms with Crippen molar-refractivity contribution in [3.05, 3.63) is 57.9 Å². The zero-order valence-corrected chi connectivity index (χ0v) is 14.0. The minimum Gasteiger partial charge on any atom is -0.313 e. The number of hydrogen-bond acceptors (Lipinski definition) is 2. The van der Waals surface area contributed by atoms with Gasteiger partial charge in [0.25, 0.3) is 5.56 Å². The molecule has 3 nitrogen and oxygen atoms in total. The fraction of sp³-hybridized carbons (Fsp3) is 0.421. The Morgan fingerprint density at radius 2 is 1.77 bits per heavy atom. The van der Waals surface area contributed by atoms with Gasteiger partial charge in [0.2, 0.25) is 0 Å². The van der Waals surface area contributed by atoms with Crippen LogP contribution in [0, 0.1) is 6.92 Å². The molecule has 0 radical (unpaired) electrons. The average molecular weight is 298 g/mol. The molecule has 22 heavy (non-hydrogen) atoms. The van der Waals surface area contributed by atoms with Crippen LogP contribution in [0.4, 0.5) is 0 Å². The van der Waals surface area contributed by atoms with Crippen LogP contribution in [0.2, 0.25) is 0 Å². The average Bonchev–Trinajstić information content (AvgIpc) is 2.53. The number of nitrogens with one attached hydrogen (secondary N) is 1. The zero-order chi connectivity index (χ0) is 16.1. The van der Waals surface area contributed by atoms with Crippen LogP contribution in [0.1, 0.15) is 44.4 Å². The van der Waals surface area contributed by atoms with Crippen LogP contribution in [-0.2, 0) is 6.54 Å². The number of rotatable bonds is 6. The molecular weight excluding hydrogens is 272 g/mol. The molecule has 0 aliphatic rings. The Kier molecular flexibility index (Phi) is 5.56. The monoisotopic (exact) mass is 298 g/mol. The second-order valence-electron chi connectivity index (χ2n) is 5.82. The van der Waals surface area contributed by atoms with Crippen molar-refractivity contribution < 1.29 is 0 Å². The Labute approximate surface area is 133 Å². The quantitative estimate of drug-likeness (QED) is 0.877. The molecule has 1 unspecified atom stereocenters. The third kappa shape index (κ3) is 3.47. The number of aromatic nitrogens is 1. The Morgan fingerprint density at radius 3 is 2.36 bits per heavy atom. The summed E-state index contributed by atoms with van der Waals surface area (Å²) in [6.07, 6.45) is 0.934. The first-order valence-corrected chi connectivity index (χ1v) is 8.10. The van der Waals surface area contributed by atoms with Crippen LogP contribution in [0.25, 0.3) is 11.3 Å². The summed E-state index contributed by atoms with van der Waals surface area (Å²) < 4.78 is 1.94. The van der Waals surface area contributed by atoms with Crippen LogP contribution in [0.3, 0.4) is 0 Å². The zero-order valence-electron chi connectivity index (χ0n) is 14.0. The summed E-state index contributed by atoms with van der Waals surface area (Å²) in [7, 11) is 0. The second kappa shape index (κ2) is 7.41. The predicted molar refractivity (Wildman–Crippen MR) is 93.3 cm³/mol. The van der Waals surface area contributed by atoms with Crippen molar-refractivity contribution in [1.29, 1.82) is 0 Å². The van der Waals surface area contributed by atoms with E-state index < -0.39 is 0 Å². The van der Waals surface area contributed by atoms with E-state index in [1.807, 2.05) is 17.6 Å². The first kappa shape index (κ1) is 16.5. The Bertz CT molecular complexity index is 671. The lowest BCUT2D eigenvalue weighted by Gasteiger charge is -2.20. The summed E-state index contributed by atoms with van der Waals surface area (Å²) >= 11 is 0. The van der Waals surface area contributed by atoms with E-state index in [0.717, 1.165) is 29.8 Å². The summed E-state index contributed by atoms with van der Waals surface area (Å²) in [5.74, 6) is 0. The van der Waals surface area contributed by atoms with Crippen LogP contribution < -0.4 is 10.9 Å². The van der Waals surface area contributed by atoms with Gasteiger partial charge in [-0.3, -0.25) is 4.79 Å². The Hall–Kier alpha value is -1.87. The predicted octanol–water partition coefficient (Wildman–Crippen LogP) is 3.90. The minimum atomic E-state index is 0.119. The summed E-state index contributed by atoms with van der Waals surface area (Å²) in [6, 6.07) is 12.6.